The molecule has 2 heterocycles. The van der Waals surface area contributed by atoms with Crippen molar-refractivity contribution < 1.29 is 4.79 Å². The molecule has 1 aliphatic carbocycles. The summed E-state index contributed by atoms with van der Waals surface area (Å²) in [4.78, 5) is 14.2. The highest BCUT2D eigenvalue weighted by atomic mass is 127. The average Bonchev–Trinajstić information content (AvgIpc) is 3.27. The van der Waals surface area contributed by atoms with Gasteiger partial charge in [0.2, 0.25) is 5.91 Å². The minimum atomic E-state index is 0.342. The number of likely N-dealkylation sites (tertiary alicyclic amines) is 1. The van der Waals surface area contributed by atoms with Crippen LogP contribution in [0.5, 0.6) is 0 Å². The molecular formula is C16H18IN3O. The first-order valence-corrected chi connectivity index (χ1v) is 8.72. The molecule has 1 saturated heterocycles. The lowest BCUT2D eigenvalue weighted by molar-refractivity contribution is -0.133. The van der Waals surface area contributed by atoms with Gasteiger partial charge in [-0.2, -0.15) is 5.10 Å². The number of benzene rings is 1. The van der Waals surface area contributed by atoms with Gasteiger partial charge in [-0.05, 0) is 66.5 Å². The van der Waals surface area contributed by atoms with E-state index in [0.29, 0.717) is 17.9 Å². The van der Waals surface area contributed by atoms with E-state index in [9.17, 15) is 4.79 Å². The van der Waals surface area contributed by atoms with E-state index >= 15 is 0 Å². The van der Waals surface area contributed by atoms with E-state index in [0.717, 1.165) is 38.8 Å². The van der Waals surface area contributed by atoms with Crippen molar-refractivity contribution in [2.24, 2.45) is 5.92 Å². The first-order chi connectivity index (χ1) is 10.2. The molecule has 1 amide bonds. The predicted octanol–water partition coefficient (Wildman–Crippen LogP) is 3.21. The normalized spacial score (nSPS) is 20.1. The second-order valence-electron chi connectivity index (χ2n) is 6.12. The number of rotatable bonds is 2. The number of nitrogens with zero attached hydrogens (tertiary/aromatic N) is 3. The van der Waals surface area contributed by atoms with Crippen molar-refractivity contribution in [3.8, 4) is 0 Å². The molecule has 2 aromatic rings. The summed E-state index contributed by atoms with van der Waals surface area (Å²) in [6.07, 6.45) is 6.18. The Labute approximate surface area is 137 Å². The summed E-state index contributed by atoms with van der Waals surface area (Å²) < 4.78 is 3.40. The first kappa shape index (κ1) is 13.5. The fourth-order valence-electron chi connectivity index (χ4n) is 3.23. The van der Waals surface area contributed by atoms with E-state index in [2.05, 4.69) is 55.5 Å². The maximum Gasteiger partial charge on any atom is 0.225 e. The minimum Gasteiger partial charge on any atom is -0.342 e. The van der Waals surface area contributed by atoms with Crippen LogP contribution in [0.2, 0.25) is 0 Å². The third-order valence-electron chi connectivity index (χ3n) is 4.61. The van der Waals surface area contributed by atoms with Gasteiger partial charge in [0.05, 0.1) is 17.8 Å². The van der Waals surface area contributed by atoms with Crippen LogP contribution in [0.4, 0.5) is 0 Å². The molecule has 0 bridgehead atoms. The summed E-state index contributed by atoms with van der Waals surface area (Å²) in [7, 11) is 0. The Kier molecular flexibility index (Phi) is 3.40. The van der Waals surface area contributed by atoms with Gasteiger partial charge in [0.25, 0.3) is 0 Å². The van der Waals surface area contributed by atoms with Crippen molar-refractivity contribution in [3.05, 3.63) is 28.0 Å². The zero-order valence-corrected chi connectivity index (χ0v) is 14.0. The molecule has 4 nitrogen and oxygen atoms in total. The predicted molar refractivity (Wildman–Crippen MR) is 90.0 cm³/mol. The SMILES string of the molecule is O=C(C1CC1)N1CCC(n2ncc3cc(I)ccc32)CC1. The standard InChI is InChI=1S/C16H18IN3O/c17-13-3-4-15-12(9-13)10-18-20(15)14-5-7-19(8-6-14)16(21)11-1-2-11/h3-4,9-11,14H,1-2,5-8H2. The van der Waals surface area contributed by atoms with E-state index in [1.807, 2.05) is 6.20 Å². The van der Waals surface area contributed by atoms with Crippen LogP contribution in [0.15, 0.2) is 24.4 Å². The molecule has 4 rings (SSSR count). The van der Waals surface area contributed by atoms with Gasteiger partial charge in [0, 0.05) is 28.0 Å². The van der Waals surface area contributed by atoms with Crippen molar-refractivity contribution in [3.63, 3.8) is 0 Å². The third-order valence-corrected chi connectivity index (χ3v) is 5.28. The Balaban J connectivity index is 1.50. The van der Waals surface area contributed by atoms with E-state index in [-0.39, 0.29) is 0 Å². The number of carbonyl (C=O) groups excluding carboxylic acids is 1. The van der Waals surface area contributed by atoms with Crippen LogP contribution in [-0.2, 0) is 4.79 Å². The van der Waals surface area contributed by atoms with Crippen molar-refractivity contribution in [2.45, 2.75) is 31.7 Å². The second kappa shape index (κ2) is 5.26. The molecule has 21 heavy (non-hydrogen) atoms. The summed E-state index contributed by atoms with van der Waals surface area (Å²) in [6.45, 7) is 1.76. The van der Waals surface area contributed by atoms with Crippen LogP contribution in [-0.4, -0.2) is 33.7 Å². The van der Waals surface area contributed by atoms with Crippen molar-refractivity contribution in [1.29, 1.82) is 0 Å². The van der Waals surface area contributed by atoms with E-state index in [1.54, 1.807) is 0 Å². The lowest BCUT2D eigenvalue weighted by Gasteiger charge is -2.32. The summed E-state index contributed by atoms with van der Waals surface area (Å²) >= 11 is 2.33. The molecule has 2 fully saturated rings. The van der Waals surface area contributed by atoms with Gasteiger partial charge in [-0.25, -0.2) is 0 Å². The van der Waals surface area contributed by atoms with Gasteiger partial charge < -0.3 is 4.90 Å². The molecule has 2 aliphatic rings. The highest BCUT2D eigenvalue weighted by molar-refractivity contribution is 14.1. The number of hydrogen-bond acceptors (Lipinski definition) is 2. The molecule has 0 N–H and O–H groups in total. The van der Waals surface area contributed by atoms with E-state index in [1.165, 1.54) is 14.5 Å². The molecular weight excluding hydrogens is 377 g/mol. The number of aromatic nitrogens is 2. The summed E-state index contributed by atoms with van der Waals surface area (Å²) in [5.41, 5.74) is 1.21. The molecule has 0 radical (unpaired) electrons. The van der Waals surface area contributed by atoms with E-state index < -0.39 is 0 Å². The number of piperidine rings is 1. The molecule has 1 aliphatic heterocycles. The van der Waals surface area contributed by atoms with Crippen molar-refractivity contribution in [2.75, 3.05) is 13.1 Å². The van der Waals surface area contributed by atoms with Crippen LogP contribution >= 0.6 is 22.6 Å². The number of halogens is 1. The molecule has 0 unspecified atom stereocenters. The first-order valence-electron chi connectivity index (χ1n) is 7.64. The lowest BCUT2D eigenvalue weighted by Crippen LogP contribution is -2.40. The van der Waals surface area contributed by atoms with Gasteiger partial charge in [0.15, 0.2) is 0 Å². The van der Waals surface area contributed by atoms with Crippen LogP contribution < -0.4 is 0 Å². The molecule has 0 spiro atoms. The fraction of sp³-hybridized carbons (Fsp3) is 0.500. The highest BCUT2D eigenvalue weighted by Crippen LogP contribution is 2.33. The Morgan fingerprint density at radius 2 is 1.95 bits per heavy atom. The van der Waals surface area contributed by atoms with Gasteiger partial charge in [0.1, 0.15) is 0 Å². The monoisotopic (exact) mass is 395 g/mol. The van der Waals surface area contributed by atoms with Gasteiger partial charge in [-0.15, -0.1) is 0 Å². The number of fused-ring (bicyclic) bond motifs is 1. The van der Waals surface area contributed by atoms with Gasteiger partial charge in [-0.3, -0.25) is 9.48 Å². The summed E-state index contributed by atoms with van der Waals surface area (Å²) in [6, 6.07) is 6.88. The molecule has 1 saturated carbocycles. The largest absolute Gasteiger partial charge is 0.342 e. The van der Waals surface area contributed by atoms with Gasteiger partial charge >= 0.3 is 0 Å². The Bertz CT molecular complexity index is 684. The lowest BCUT2D eigenvalue weighted by atomic mass is 10.0. The summed E-state index contributed by atoms with van der Waals surface area (Å²) in [5, 5.41) is 5.79. The zero-order valence-electron chi connectivity index (χ0n) is 11.8. The third kappa shape index (κ3) is 2.56. The minimum absolute atomic E-state index is 0.342. The Hall–Kier alpha value is -1.11. The molecule has 1 aromatic carbocycles. The van der Waals surface area contributed by atoms with Crippen LogP contribution in [0.3, 0.4) is 0 Å². The molecule has 0 atom stereocenters. The second-order valence-corrected chi connectivity index (χ2v) is 7.37. The van der Waals surface area contributed by atoms with Gasteiger partial charge in [-0.1, -0.05) is 0 Å². The van der Waals surface area contributed by atoms with Crippen LogP contribution in [0.1, 0.15) is 31.7 Å². The smallest absolute Gasteiger partial charge is 0.225 e. The zero-order chi connectivity index (χ0) is 14.4. The topological polar surface area (TPSA) is 38.1 Å². The summed E-state index contributed by atoms with van der Waals surface area (Å²) in [5.74, 6) is 0.725. The number of amides is 1. The van der Waals surface area contributed by atoms with Crippen LogP contribution in [0.25, 0.3) is 10.9 Å². The van der Waals surface area contributed by atoms with Crippen LogP contribution in [0, 0.1) is 9.49 Å². The fourth-order valence-corrected chi connectivity index (χ4v) is 3.75. The van der Waals surface area contributed by atoms with Crippen molar-refractivity contribution in [1.82, 2.24) is 14.7 Å². The molecule has 5 heteroatoms. The quantitative estimate of drug-likeness (QED) is 0.733. The molecule has 1 aromatic heterocycles. The van der Waals surface area contributed by atoms with Crippen molar-refractivity contribution >= 4 is 39.4 Å². The highest BCUT2D eigenvalue weighted by Gasteiger charge is 2.35. The molecule has 110 valence electrons. The Morgan fingerprint density at radius 3 is 2.67 bits per heavy atom. The Morgan fingerprint density at radius 1 is 1.19 bits per heavy atom. The maximum absolute atomic E-state index is 12.1. The van der Waals surface area contributed by atoms with E-state index in [4.69, 9.17) is 0 Å². The number of carbonyl (C=O) groups is 1. The number of hydrogen-bond donors (Lipinski definition) is 0. The average molecular weight is 395 g/mol. The maximum atomic E-state index is 12.1.